The molecule has 0 bridgehead atoms. The summed E-state index contributed by atoms with van der Waals surface area (Å²) in [5.41, 5.74) is 0.837. The summed E-state index contributed by atoms with van der Waals surface area (Å²) in [7, 11) is 0. The van der Waals surface area contributed by atoms with Gasteiger partial charge in [-0.15, -0.1) is 22.0 Å². The molecule has 2 aromatic carbocycles. The summed E-state index contributed by atoms with van der Waals surface area (Å²) in [5.74, 6) is 2.12. The standard InChI is InChI=1S/C18H12N4OS2/c1-2-7-13(8-3-1)24-11-16-21-22-17(19-20-18(22)25-16)15-10-12-6-4-5-9-14(12)23-15/h1-10H,11H2. The number of nitrogens with zero attached hydrogens (tertiary/aromatic N) is 4. The lowest BCUT2D eigenvalue weighted by Gasteiger charge is -1.97. The monoisotopic (exact) mass is 364 g/mol. The van der Waals surface area contributed by atoms with E-state index in [0.717, 1.165) is 26.7 Å². The fourth-order valence-corrected chi connectivity index (χ4v) is 4.36. The van der Waals surface area contributed by atoms with E-state index in [2.05, 4.69) is 27.4 Å². The highest BCUT2D eigenvalue weighted by Gasteiger charge is 2.17. The zero-order valence-electron chi connectivity index (χ0n) is 13.0. The molecule has 5 aromatic rings. The van der Waals surface area contributed by atoms with Crippen molar-refractivity contribution in [2.45, 2.75) is 10.6 Å². The van der Waals surface area contributed by atoms with Gasteiger partial charge in [-0.2, -0.15) is 9.61 Å². The molecule has 0 fully saturated rings. The summed E-state index contributed by atoms with van der Waals surface area (Å²) in [5, 5.41) is 15.2. The second-order valence-corrected chi connectivity index (χ2v) is 7.55. The Morgan fingerprint density at radius 3 is 2.72 bits per heavy atom. The van der Waals surface area contributed by atoms with Crippen LogP contribution in [0.15, 0.2) is 70.0 Å². The maximum absolute atomic E-state index is 5.90. The van der Waals surface area contributed by atoms with E-state index in [1.807, 2.05) is 48.5 Å². The normalized spacial score (nSPS) is 11.5. The average Bonchev–Trinajstić information content (AvgIpc) is 3.33. The van der Waals surface area contributed by atoms with Crippen molar-refractivity contribution in [3.63, 3.8) is 0 Å². The molecule has 3 aromatic heterocycles. The van der Waals surface area contributed by atoms with E-state index in [4.69, 9.17) is 4.42 Å². The number of fused-ring (bicyclic) bond motifs is 2. The molecule has 0 saturated carbocycles. The first-order valence-electron chi connectivity index (χ1n) is 7.75. The Morgan fingerprint density at radius 1 is 1.00 bits per heavy atom. The number of thioether (sulfide) groups is 1. The molecule has 0 atom stereocenters. The van der Waals surface area contributed by atoms with Crippen LogP contribution in [0, 0.1) is 0 Å². The van der Waals surface area contributed by atoms with Crippen molar-refractivity contribution in [1.29, 1.82) is 0 Å². The van der Waals surface area contributed by atoms with Gasteiger partial charge in [0.15, 0.2) is 5.76 Å². The van der Waals surface area contributed by atoms with Crippen LogP contribution in [-0.4, -0.2) is 19.8 Å². The zero-order chi connectivity index (χ0) is 16.6. The van der Waals surface area contributed by atoms with Crippen molar-refractivity contribution < 1.29 is 4.42 Å². The van der Waals surface area contributed by atoms with Gasteiger partial charge >= 0.3 is 0 Å². The Balaban J connectivity index is 1.47. The first kappa shape index (κ1) is 14.7. The predicted octanol–water partition coefficient (Wildman–Crippen LogP) is 4.89. The number of furan rings is 1. The van der Waals surface area contributed by atoms with Crippen LogP contribution >= 0.6 is 23.1 Å². The minimum atomic E-state index is 0.637. The molecule has 0 spiro atoms. The molecule has 3 heterocycles. The lowest BCUT2D eigenvalue weighted by atomic mass is 10.2. The Kier molecular flexibility index (Phi) is 3.53. The van der Waals surface area contributed by atoms with Crippen molar-refractivity contribution in [2.24, 2.45) is 0 Å². The van der Waals surface area contributed by atoms with Crippen LogP contribution in [0.1, 0.15) is 5.01 Å². The summed E-state index contributed by atoms with van der Waals surface area (Å²) in [4.78, 5) is 2.00. The molecular weight excluding hydrogens is 352 g/mol. The zero-order valence-corrected chi connectivity index (χ0v) is 14.6. The van der Waals surface area contributed by atoms with Crippen molar-refractivity contribution >= 4 is 39.0 Å². The van der Waals surface area contributed by atoms with Crippen LogP contribution in [0.25, 0.3) is 27.5 Å². The van der Waals surface area contributed by atoms with Crippen LogP contribution in [0.2, 0.25) is 0 Å². The Hall–Kier alpha value is -2.64. The molecule has 0 radical (unpaired) electrons. The van der Waals surface area contributed by atoms with Gasteiger partial charge in [-0.25, -0.2) is 0 Å². The third kappa shape index (κ3) is 2.71. The Labute approximate surface area is 151 Å². The van der Waals surface area contributed by atoms with Crippen molar-refractivity contribution in [2.75, 3.05) is 0 Å². The second-order valence-electron chi connectivity index (χ2n) is 5.46. The van der Waals surface area contributed by atoms with Crippen LogP contribution in [-0.2, 0) is 5.75 Å². The molecule has 0 aliphatic heterocycles. The van der Waals surface area contributed by atoms with E-state index in [1.165, 1.54) is 4.90 Å². The number of rotatable bonds is 4. The van der Waals surface area contributed by atoms with Gasteiger partial charge in [0.05, 0.1) is 5.75 Å². The molecule has 0 saturated heterocycles. The molecule has 122 valence electrons. The quantitative estimate of drug-likeness (QED) is 0.425. The number of para-hydroxylation sites is 1. The largest absolute Gasteiger partial charge is 0.453 e. The number of benzene rings is 2. The SMILES string of the molecule is c1ccc(SCc2nn3c(-c4cc5ccccc5o4)nnc3s2)cc1. The number of hydrogen-bond acceptors (Lipinski definition) is 6. The first-order valence-corrected chi connectivity index (χ1v) is 9.55. The van der Waals surface area contributed by atoms with E-state index in [1.54, 1.807) is 27.6 Å². The van der Waals surface area contributed by atoms with Crippen molar-refractivity contribution in [3.05, 3.63) is 65.7 Å². The highest BCUT2D eigenvalue weighted by Crippen LogP contribution is 2.29. The van der Waals surface area contributed by atoms with Gasteiger partial charge in [0, 0.05) is 10.3 Å². The third-order valence-corrected chi connectivity index (χ3v) is 5.89. The summed E-state index contributed by atoms with van der Waals surface area (Å²) in [6.07, 6.45) is 0. The fraction of sp³-hybridized carbons (Fsp3) is 0.0556. The molecular formula is C18H12N4OS2. The van der Waals surface area contributed by atoms with Gasteiger partial charge < -0.3 is 4.42 Å². The highest BCUT2D eigenvalue weighted by molar-refractivity contribution is 7.98. The van der Waals surface area contributed by atoms with Gasteiger partial charge in [0.2, 0.25) is 10.8 Å². The summed E-state index contributed by atoms with van der Waals surface area (Å²) in [6.45, 7) is 0. The van der Waals surface area contributed by atoms with Gasteiger partial charge in [0.1, 0.15) is 10.6 Å². The fourth-order valence-electron chi connectivity index (χ4n) is 2.62. The van der Waals surface area contributed by atoms with Gasteiger partial charge in [-0.1, -0.05) is 47.7 Å². The van der Waals surface area contributed by atoms with Gasteiger partial charge in [-0.3, -0.25) is 0 Å². The third-order valence-electron chi connectivity index (χ3n) is 3.78. The summed E-state index contributed by atoms with van der Waals surface area (Å²) < 4.78 is 7.66. The topological polar surface area (TPSA) is 56.2 Å². The van der Waals surface area contributed by atoms with E-state index >= 15 is 0 Å². The summed E-state index contributed by atoms with van der Waals surface area (Å²) >= 11 is 3.32. The smallest absolute Gasteiger partial charge is 0.235 e. The lowest BCUT2D eigenvalue weighted by molar-refractivity contribution is 0.621. The molecule has 0 unspecified atom stereocenters. The Bertz CT molecular complexity index is 1130. The van der Waals surface area contributed by atoms with E-state index in [0.29, 0.717) is 11.6 Å². The minimum absolute atomic E-state index is 0.637. The molecule has 7 heteroatoms. The van der Waals surface area contributed by atoms with Crippen LogP contribution < -0.4 is 0 Å². The average molecular weight is 364 g/mol. The van der Waals surface area contributed by atoms with Gasteiger partial charge in [0.25, 0.3) is 0 Å². The maximum Gasteiger partial charge on any atom is 0.235 e. The molecule has 0 aliphatic rings. The molecule has 0 aliphatic carbocycles. The van der Waals surface area contributed by atoms with Crippen LogP contribution in [0.4, 0.5) is 0 Å². The number of aromatic nitrogens is 4. The highest BCUT2D eigenvalue weighted by atomic mass is 32.2. The van der Waals surface area contributed by atoms with E-state index in [9.17, 15) is 0 Å². The molecule has 0 N–H and O–H groups in total. The first-order chi connectivity index (χ1) is 12.4. The second kappa shape index (κ2) is 6.02. The van der Waals surface area contributed by atoms with Crippen molar-refractivity contribution in [1.82, 2.24) is 19.8 Å². The van der Waals surface area contributed by atoms with Crippen molar-refractivity contribution in [3.8, 4) is 11.6 Å². The molecule has 0 amide bonds. The lowest BCUT2D eigenvalue weighted by Crippen LogP contribution is -1.90. The van der Waals surface area contributed by atoms with Gasteiger partial charge in [-0.05, 0) is 24.3 Å². The molecule has 5 nitrogen and oxygen atoms in total. The predicted molar refractivity (Wildman–Crippen MR) is 99.9 cm³/mol. The minimum Gasteiger partial charge on any atom is -0.453 e. The molecule has 5 rings (SSSR count). The molecule has 25 heavy (non-hydrogen) atoms. The van der Waals surface area contributed by atoms with E-state index < -0.39 is 0 Å². The van der Waals surface area contributed by atoms with Crippen LogP contribution in [0.3, 0.4) is 0 Å². The van der Waals surface area contributed by atoms with E-state index in [-0.39, 0.29) is 0 Å². The summed E-state index contributed by atoms with van der Waals surface area (Å²) in [6, 6.07) is 20.2. The van der Waals surface area contributed by atoms with Crippen LogP contribution in [0.5, 0.6) is 0 Å². The maximum atomic E-state index is 5.90. The number of hydrogen-bond donors (Lipinski definition) is 0. The Morgan fingerprint density at radius 2 is 1.84 bits per heavy atom.